The number of nitrogens with two attached hydrogens (primary N) is 1. The van der Waals surface area contributed by atoms with Crippen molar-refractivity contribution < 1.29 is 5.11 Å². The molecule has 1 aromatic rings. The van der Waals surface area contributed by atoms with Crippen LogP contribution in [0.25, 0.3) is 0 Å². The van der Waals surface area contributed by atoms with Crippen LogP contribution in [0.5, 0.6) is 0 Å². The van der Waals surface area contributed by atoms with Crippen LogP contribution in [0.4, 0.5) is 11.4 Å². The highest BCUT2D eigenvalue weighted by molar-refractivity contribution is 5.67. The Labute approximate surface area is 90.5 Å². The van der Waals surface area contributed by atoms with Crippen LogP contribution in [0.1, 0.15) is 6.92 Å². The Kier molecular flexibility index (Phi) is 2.82. The summed E-state index contributed by atoms with van der Waals surface area (Å²) in [7, 11) is 0. The normalized spacial score (nSPS) is 25.9. The van der Waals surface area contributed by atoms with Gasteiger partial charge in [-0.05, 0) is 18.1 Å². The van der Waals surface area contributed by atoms with E-state index < -0.39 is 0 Å². The van der Waals surface area contributed by atoms with E-state index in [9.17, 15) is 5.11 Å². The fraction of sp³-hybridized carbons (Fsp3) is 0.500. The van der Waals surface area contributed by atoms with Crippen molar-refractivity contribution >= 4 is 11.4 Å². The zero-order valence-corrected chi connectivity index (χ0v) is 9.06. The highest BCUT2D eigenvalue weighted by Gasteiger charge is 2.29. The van der Waals surface area contributed by atoms with Crippen molar-refractivity contribution in [3.8, 4) is 0 Å². The van der Waals surface area contributed by atoms with Crippen LogP contribution in [0, 0.1) is 11.8 Å². The van der Waals surface area contributed by atoms with E-state index >= 15 is 0 Å². The van der Waals surface area contributed by atoms with E-state index in [1.807, 2.05) is 24.3 Å². The average Bonchev–Trinajstić information content (AvgIpc) is 2.60. The third-order valence-electron chi connectivity index (χ3n) is 3.28. The van der Waals surface area contributed by atoms with Gasteiger partial charge >= 0.3 is 0 Å². The van der Waals surface area contributed by atoms with E-state index in [2.05, 4.69) is 11.8 Å². The first-order valence-electron chi connectivity index (χ1n) is 5.42. The van der Waals surface area contributed by atoms with Crippen LogP contribution in [-0.2, 0) is 0 Å². The summed E-state index contributed by atoms with van der Waals surface area (Å²) >= 11 is 0. The third-order valence-corrected chi connectivity index (χ3v) is 3.28. The quantitative estimate of drug-likeness (QED) is 0.718. The molecule has 0 aliphatic carbocycles. The van der Waals surface area contributed by atoms with E-state index in [1.54, 1.807) is 0 Å². The Morgan fingerprint density at radius 3 is 2.73 bits per heavy atom. The summed E-state index contributed by atoms with van der Waals surface area (Å²) in [5, 5.41) is 9.21. The molecule has 3 N–H and O–H groups in total. The first-order valence-corrected chi connectivity index (χ1v) is 5.42. The Hall–Kier alpha value is -1.22. The minimum atomic E-state index is 0.268. The maximum absolute atomic E-state index is 9.21. The predicted octanol–water partition coefficient (Wildman–Crippen LogP) is 1.33. The number of aliphatic hydroxyl groups excluding tert-OH is 1. The van der Waals surface area contributed by atoms with Crippen molar-refractivity contribution in [2.45, 2.75) is 6.92 Å². The molecule has 1 heterocycles. The van der Waals surface area contributed by atoms with Crippen molar-refractivity contribution in [1.29, 1.82) is 0 Å². The van der Waals surface area contributed by atoms with E-state index in [-0.39, 0.29) is 6.61 Å². The maximum Gasteiger partial charge on any atom is 0.0600 e. The minimum Gasteiger partial charge on any atom is -0.397 e. The topological polar surface area (TPSA) is 49.5 Å². The van der Waals surface area contributed by atoms with Crippen LogP contribution >= 0.6 is 0 Å². The second-order valence-corrected chi connectivity index (χ2v) is 4.38. The number of nitrogen functional groups attached to an aromatic ring is 1. The van der Waals surface area contributed by atoms with Gasteiger partial charge in [-0.25, -0.2) is 0 Å². The standard InChI is InChI=1S/C12H18N2O/c1-9-6-14(7-10(9)8-15)12-5-3-2-4-11(12)13/h2-5,9-10,15H,6-8,13H2,1H3/t9-,10-/m0/s1. The molecule has 0 saturated carbocycles. The van der Waals surface area contributed by atoms with Crippen molar-refractivity contribution in [3.63, 3.8) is 0 Å². The van der Waals surface area contributed by atoms with Gasteiger partial charge in [0.1, 0.15) is 0 Å². The lowest BCUT2D eigenvalue weighted by atomic mass is 10.00. The Bertz CT molecular complexity index is 340. The molecule has 1 saturated heterocycles. The molecule has 82 valence electrons. The van der Waals surface area contributed by atoms with Gasteiger partial charge in [0.2, 0.25) is 0 Å². The first-order chi connectivity index (χ1) is 7.22. The number of hydrogen-bond acceptors (Lipinski definition) is 3. The van der Waals surface area contributed by atoms with Gasteiger partial charge in [-0.15, -0.1) is 0 Å². The lowest BCUT2D eigenvalue weighted by molar-refractivity contribution is 0.212. The number of nitrogens with zero attached hydrogens (tertiary/aromatic N) is 1. The molecule has 3 heteroatoms. The summed E-state index contributed by atoms with van der Waals surface area (Å²) in [6.07, 6.45) is 0. The summed E-state index contributed by atoms with van der Waals surface area (Å²) in [5.41, 5.74) is 7.85. The molecular weight excluding hydrogens is 188 g/mol. The van der Waals surface area contributed by atoms with E-state index in [4.69, 9.17) is 5.73 Å². The molecule has 0 spiro atoms. The van der Waals surface area contributed by atoms with E-state index in [0.29, 0.717) is 11.8 Å². The molecule has 3 nitrogen and oxygen atoms in total. The third kappa shape index (κ3) is 1.92. The first kappa shape index (κ1) is 10.3. The fourth-order valence-electron chi connectivity index (χ4n) is 2.24. The SMILES string of the molecule is C[C@H]1CN(c2ccccc2N)C[C@H]1CO. The van der Waals surface area contributed by atoms with Gasteiger partial charge in [0.25, 0.3) is 0 Å². The highest BCUT2D eigenvalue weighted by Crippen LogP contribution is 2.31. The Balaban J connectivity index is 2.17. The van der Waals surface area contributed by atoms with Gasteiger partial charge in [-0.1, -0.05) is 19.1 Å². The largest absolute Gasteiger partial charge is 0.397 e. The molecule has 0 aromatic heterocycles. The second kappa shape index (κ2) is 4.11. The summed E-state index contributed by atoms with van der Waals surface area (Å²) in [5.74, 6) is 0.916. The molecule has 2 rings (SSSR count). The summed E-state index contributed by atoms with van der Waals surface area (Å²) < 4.78 is 0. The van der Waals surface area contributed by atoms with Gasteiger partial charge in [0, 0.05) is 25.6 Å². The number of aliphatic hydroxyl groups is 1. The molecule has 15 heavy (non-hydrogen) atoms. The van der Waals surface area contributed by atoms with Crippen LogP contribution in [0.2, 0.25) is 0 Å². The molecule has 1 aliphatic heterocycles. The monoisotopic (exact) mass is 206 g/mol. The van der Waals surface area contributed by atoms with Gasteiger partial charge in [-0.3, -0.25) is 0 Å². The molecule has 0 bridgehead atoms. The van der Waals surface area contributed by atoms with Crippen molar-refractivity contribution in [1.82, 2.24) is 0 Å². The van der Waals surface area contributed by atoms with E-state index in [1.165, 1.54) is 0 Å². The average molecular weight is 206 g/mol. The van der Waals surface area contributed by atoms with Gasteiger partial charge in [0.05, 0.1) is 11.4 Å². The van der Waals surface area contributed by atoms with Gasteiger partial charge in [-0.2, -0.15) is 0 Å². The number of hydrogen-bond donors (Lipinski definition) is 2. The van der Waals surface area contributed by atoms with Crippen LogP contribution < -0.4 is 10.6 Å². The molecule has 1 fully saturated rings. The lowest BCUT2D eigenvalue weighted by Gasteiger charge is -2.20. The van der Waals surface area contributed by atoms with Crippen molar-refractivity contribution in [3.05, 3.63) is 24.3 Å². The van der Waals surface area contributed by atoms with E-state index in [0.717, 1.165) is 24.5 Å². The number of benzene rings is 1. The molecule has 1 aliphatic rings. The predicted molar refractivity (Wildman–Crippen MR) is 62.8 cm³/mol. The summed E-state index contributed by atoms with van der Waals surface area (Å²) in [4.78, 5) is 2.26. The Morgan fingerprint density at radius 2 is 2.13 bits per heavy atom. The lowest BCUT2D eigenvalue weighted by Crippen LogP contribution is -2.21. The zero-order chi connectivity index (χ0) is 10.8. The van der Waals surface area contributed by atoms with Gasteiger partial charge in [0.15, 0.2) is 0 Å². The van der Waals surface area contributed by atoms with Crippen LogP contribution in [0.15, 0.2) is 24.3 Å². The second-order valence-electron chi connectivity index (χ2n) is 4.38. The van der Waals surface area contributed by atoms with Crippen molar-refractivity contribution in [2.75, 3.05) is 30.3 Å². The van der Waals surface area contributed by atoms with Crippen LogP contribution in [0.3, 0.4) is 0 Å². The highest BCUT2D eigenvalue weighted by atomic mass is 16.3. The Morgan fingerprint density at radius 1 is 1.40 bits per heavy atom. The zero-order valence-electron chi connectivity index (χ0n) is 9.06. The number of para-hydroxylation sites is 2. The molecule has 1 aromatic carbocycles. The molecule has 2 atom stereocenters. The summed E-state index contributed by atoms with van der Waals surface area (Å²) in [6.45, 7) is 4.34. The molecule has 0 amide bonds. The minimum absolute atomic E-state index is 0.268. The van der Waals surface area contributed by atoms with Gasteiger partial charge < -0.3 is 15.7 Å². The maximum atomic E-state index is 9.21. The summed E-state index contributed by atoms with van der Waals surface area (Å²) in [6, 6.07) is 7.92. The van der Waals surface area contributed by atoms with Crippen LogP contribution in [-0.4, -0.2) is 24.8 Å². The molecule has 0 radical (unpaired) electrons. The molecule has 0 unspecified atom stereocenters. The number of anilines is 2. The fourth-order valence-corrected chi connectivity index (χ4v) is 2.24. The molecular formula is C12H18N2O. The smallest absolute Gasteiger partial charge is 0.0600 e. The van der Waals surface area contributed by atoms with Crippen molar-refractivity contribution in [2.24, 2.45) is 11.8 Å². The number of rotatable bonds is 2.